The molecule has 6 heteroatoms. The van der Waals surface area contributed by atoms with Gasteiger partial charge >= 0.3 is 0 Å². The van der Waals surface area contributed by atoms with Crippen molar-refractivity contribution in [2.45, 2.75) is 32.4 Å². The molecule has 1 N–H and O–H groups in total. The molecule has 134 valence electrons. The Hall–Kier alpha value is -2.73. The second-order valence-electron chi connectivity index (χ2n) is 6.89. The summed E-state index contributed by atoms with van der Waals surface area (Å²) in [7, 11) is 2.05. The van der Waals surface area contributed by atoms with Crippen LogP contribution in [0.2, 0.25) is 0 Å². The molecule has 26 heavy (non-hydrogen) atoms. The van der Waals surface area contributed by atoms with Gasteiger partial charge in [0.05, 0.1) is 12.0 Å². The van der Waals surface area contributed by atoms with Crippen molar-refractivity contribution in [2.24, 2.45) is 7.05 Å². The number of rotatable bonds is 5. The van der Waals surface area contributed by atoms with E-state index in [0.717, 1.165) is 30.3 Å². The van der Waals surface area contributed by atoms with Gasteiger partial charge in [-0.2, -0.15) is 0 Å². The minimum absolute atomic E-state index is 0.415. The van der Waals surface area contributed by atoms with Crippen LogP contribution in [0.5, 0.6) is 0 Å². The Kier molecular flexibility index (Phi) is 4.67. The Morgan fingerprint density at radius 1 is 1.23 bits per heavy atom. The third-order valence-corrected chi connectivity index (χ3v) is 5.07. The van der Waals surface area contributed by atoms with Crippen LogP contribution in [-0.4, -0.2) is 31.0 Å². The monoisotopic (exact) mass is 348 g/mol. The molecular formula is C20H24N6. The molecule has 6 nitrogen and oxygen atoms in total. The van der Waals surface area contributed by atoms with Crippen LogP contribution in [0.4, 0.5) is 11.6 Å². The fraction of sp³-hybridized carbons (Fsp3) is 0.350. The molecule has 1 aliphatic heterocycles. The lowest BCUT2D eigenvalue weighted by atomic mass is 10.1. The van der Waals surface area contributed by atoms with Crippen molar-refractivity contribution < 1.29 is 0 Å². The van der Waals surface area contributed by atoms with Gasteiger partial charge in [-0.1, -0.05) is 6.07 Å². The molecule has 0 aromatic carbocycles. The first-order valence-electron chi connectivity index (χ1n) is 9.04. The zero-order valence-electron chi connectivity index (χ0n) is 15.3. The first kappa shape index (κ1) is 16.7. The Bertz CT molecular complexity index is 887. The topological polar surface area (TPSA) is 58.9 Å². The predicted octanol–water partition coefficient (Wildman–Crippen LogP) is 3.60. The van der Waals surface area contributed by atoms with E-state index in [-0.39, 0.29) is 0 Å². The van der Waals surface area contributed by atoms with E-state index < -0.39 is 0 Å². The quantitative estimate of drug-likeness (QED) is 0.763. The van der Waals surface area contributed by atoms with Crippen LogP contribution in [-0.2, 0) is 13.6 Å². The van der Waals surface area contributed by atoms with E-state index >= 15 is 0 Å². The van der Waals surface area contributed by atoms with E-state index in [4.69, 9.17) is 0 Å². The third kappa shape index (κ3) is 3.46. The van der Waals surface area contributed by atoms with E-state index in [2.05, 4.69) is 48.9 Å². The summed E-state index contributed by atoms with van der Waals surface area (Å²) in [5, 5.41) is 3.35. The van der Waals surface area contributed by atoms with Crippen molar-refractivity contribution in [3.05, 3.63) is 66.0 Å². The second kappa shape index (κ2) is 7.25. The van der Waals surface area contributed by atoms with E-state index in [1.807, 2.05) is 37.8 Å². The first-order chi connectivity index (χ1) is 12.7. The van der Waals surface area contributed by atoms with E-state index in [0.29, 0.717) is 6.04 Å². The Morgan fingerprint density at radius 3 is 2.96 bits per heavy atom. The summed E-state index contributed by atoms with van der Waals surface area (Å²) in [6.45, 7) is 4.08. The van der Waals surface area contributed by atoms with Crippen molar-refractivity contribution in [1.82, 2.24) is 24.4 Å². The zero-order chi connectivity index (χ0) is 17.9. The molecular weight excluding hydrogens is 324 g/mol. The van der Waals surface area contributed by atoms with Gasteiger partial charge in [-0.25, -0.2) is 15.0 Å². The molecule has 1 atom stereocenters. The number of likely N-dealkylation sites (tertiary alicyclic amines) is 1. The van der Waals surface area contributed by atoms with Gasteiger partial charge in [0, 0.05) is 38.2 Å². The average Bonchev–Trinajstić information content (AvgIpc) is 3.27. The molecule has 0 spiro atoms. The van der Waals surface area contributed by atoms with Crippen LogP contribution in [0.3, 0.4) is 0 Å². The fourth-order valence-corrected chi connectivity index (χ4v) is 3.60. The summed E-state index contributed by atoms with van der Waals surface area (Å²) in [5.41, 5.74) is 3.66. The molecule has 3 aromatic rings. The normalized spacial score (nSPS) is 17.5. The fourth-order valence-electron chi connectivity index (χ4n) is 3.60. The van der Waals surface area contributed by atoms with Crippen LogP contribution in [0.1, 0.15) is 35.7 Å². The Labute approximate surface area is 153 Å². The standard InChI is InChI=1S/C20H24N6/c1-15-5-3-8-23-20(15)24-19-11-16(7-9-22-19)18-6-4-10-26(18)13-17-12-21-14-25(17)2/h3,5,7-9,11-12,14,18H,4,6,10,13H2,1-2H3,(H,22,23,24). The molecule has 4 heterocycles. The molecule has 1 saturated heterocycles. The average molecular weight is 348 g/mol. The minimum Gasteiger partial charge on any atom is -0.337 e. The molecule has 0 bridgehead atoms. The number of imidazole rings is 1. The lowest BCUT2D eigenvalue weighted by molar-refractivity contribution is 0.243. The van der Waals surface area contributed by atoms with E-state index in [1.165, 1.54) is 24.1 Å². The molecule has 3 aromatic heterocycles. The number of nitrogens with zero attached hydrogens (tertiary/aromatic N) is 5. The number of hydrogen-bond acceptors (Lipinski definition) is 5. The molecule has 0 radical (unpaired) electrons. The number of aryl methyl sites for hydroxylation is 2. The number of anilines is 2. The SMILES string of the molecule is Cc1cccnc1Nc1cc(C2CCCN2Cc2cncn2C)ccn1. The van der Waals surface area contributed by atoms with Crippen LogP contribution in [0.15, 0.2) is 49.2 Å². The number of hydrogen-bond donors (Lipinski definition) is 1. The predicted molar refractivity (Wildman–Crippen MR) is 102 cm³/mol. The van der Waals surface area contributed by atoms with Crippen molar-refractivity contribution in [2.75, 3.05) is 11.9 Å². The maximum Gasteiger partial charge on any atom is 0.134 e. The van der Waals surface area contributed by atoms with Crippen LogP contribution < -0.4 is 5.32 Å². The maximum absolute atomic E-state index is 4.48. The van der Waals surface area contributed by atoms with Crippen LogP contribution >= 0.6 is 0 Å². The summed E-state index contributed by atoms with van der Waals surface area (Å²) in [6, 6.07) is 8.69. The molecule has 0 aliphatic carbocycles. The Balaban J connectivity index is 1.53. The molecule has 4 rings (SSSR count). The summed E-state index contributed by atoms with van der Waals surface area (Å²) >= 11 is 0. The van der Waals surface area contributed by atoms with Gasteiger partial charge in [0.15, 0.2) is 0 Å². The summed E-state index contributed by atoms with van der Waals surface area (Å²) < 4.78 is 2.10. The van der Waals surface area contributed by atoms with Crippen LogP contribution in [0.25, 0.3) is 0 Å². The van der Waals surface area contributed by atoms with Crippen molar-refractivity contribution >= 4 is 11.6 Å². The largest absolute Gasteiger partial charge is 0.337 e. The van der Waals surface area contributed by atoms with Gasteiger partial charge in [-0.15, -0.1) is 0 Å². The molecule has 0 amide bonds. The highest BCUT2D eigenvalue weighted by Crippen LogP contribution is 2.34. The molecule has 1 unspecified atom stereocenters. The Morgan fingerprint density at radius 2 is 2.15 bits per heavy atom. The number of pyridine rings is 2. The molecule has 1 aliphatic rings. The van der Waals surface area contributed by atoms with E-state index in [1.54, 1.807) is 6.20 Å². The van der Waals surface area contributed by atoms with Gasteiger partial charge in [0.2, 0.25) is 0 Å². The summed E-state index contributed by atoms with van der Waals surface area (Å²) in [5.74, 6) is 1.70. The van der Waals surface area contributed by atoms with Crippen molar-refractivity contribution in [3.63, 3.8) is 0 Å². The molecule has 0 saturated carbocycles. The second-order valence-corrected chi connectivity index (χ2v) is 6.89. The highest BCUT2D eigenvalue weighted by atomic mass is 15.2. The van der Waals surface area contributed by atoms with Gasteiger partial charge in [-0.05, 0) is 55.6 Å². The lowest BCUT2D eigenvalue weighted by Gasteiger charge is -2.25. The third-order valence-electron chi connectivity index (χ3n) is 5.07. The smallest absolute Gasteiger partial charge is 0.134 e. The van der Waals surface area contributed by atoms with Crippen molar-refractivity contribution in [3.8, 4) is 0 Å². The first-order valence-corrected chi connectivity index (χ1v) is 9.04. The number of nitrogens with one attached hydrogen (secondary N) is 1. The summed E-state index contributed by atoms with van der Waals surface area (Å²) in [6.07, 6.45) is 9.89. The number of aromatic nitrogens is 4. The van der Waals surface area contributed by atoms with Crippen LogP contribution in [0, 0.1) is 6.92 Å². The van der Waals surface area contributed by atoms with Gasteiger partial charge in [-0.3, -0.25) is 4.90 Å². The summed E-state index contributed by atoms with van der Waals surface area (Å²) in [4.78, 5) is 15.7. The maximum atomic E-state index is 4.48. The van der Waals surface area contributed by atoms with Crippen molar-refractivity contribution in [1.29, 1.82) is 0 Å². The van der Waals surface area contributed by atoms with Gasteiger partial charge in [0.25, 0.3) is 0 Å². The zero-order valence-corrected chi connectivity index (χ0v) is 15.3. The van der Waals surface area contributed by atoms with Gasteiger partial charge < -0.3 is 9.88 Å². The minimum atomic E-state index is 0.415. The van der Waals surface area contributed by atoms with Gasteiger partial charge in [0.1, 0.15) is 11.6 Å². The highest BCUT2D eigenvalue weighted by Gasteiger charge is 2.27. The lowest BCUT2D eigenvalue weighted by Crippen LogP contribution is -2.24. The van der Waals surface area contributed by atoms with E-state index in [9.17, 15) is 0 Å². The highest BCUT2D eigenvalue weighted by molar-refractivity contribution is 5.56. The molecule has 1 fully saturated rings.